The van der Waals surface area contributed by atoms with Gasteiger partial charge in [-0.3, -0.25) is 14.5 Å². The van der Waals surface area contributed by atoms with Gasteiger partial charge in [0.05, 0.1) is 6.10 Å². The van der Waals surface area contributed by atoms with Crippen molar-refractivity contribution in [1.82, 2.24) is 9.80 Å². The van der Waals surface area contributed by atoms with Gasteiger partial charge in [-0.15, -0.1) is 0 Å². The second-order valence-electron chi connectivity index (χ2n) is 8.63. The third-order valence-corrected chi connectivity index (χ3v) is 5.22. The third kappa shape index (κ3) is 3.69. The van der Waals surface area contributed by atoms with Gasteiger partial charge in [-0.1, -0.05) is 0 Å². The molecule has 2 aliphatic rings. The number of rotatable bonds is 4. The number of hydrogen-bond acceptors (Lipinski definition) is 4. The van der Waals surface area contributed by atoms with E-state index in [0.29, 0.717) is 19.4 Å². The van der Waals surface area contributed by atoms with Gasteiger partial charge >= 0.3 is 0 Å². The van der Waals surface area contributed by atoms with Crippen LogP contribution in [-0.4, -0.2) is 63.0 Å². The van der Waals surface area contributed by atoms with E-state index in [-0.39, 0.29) is 23.5 Å². The maximum Gasteiger partial charge on any atom is 0.240 e. The van der Waals surface area contributed by atoms with Gasteiger partial charge in [-0.05, 0) is 53.9 Å². The lowest BCUT2D eigenvalue weighted by Crippen LogP contribution is -2.52. The van der Waals surface area contributed by atoms with Gasteiger partial charge in [0.25, 0.3) is 0 Å². The highest BCUT2D eigenvalue weighted by Crippen LogP contribution is 2.37. The van der Waals surface area contributed by atoms with Gasteiger partial charge in [-0.25, -0.2) is 0 Å². The molecule has 6 heteroatoms. The van der Waals surface area contributed by atoms with E-state index < -0.39 is 17.5 Å². The van der Waals surface area contributed by atoms with Crippen LogP contribution in [0.4, 0.5) is 0 Å². The summed E-state index contributed by atoms with van der Waals surface area (Å²) < 4.78 is 0. The predicted molar refractivity (Wildman–Crippen MR) is 88.6 cm³/mol. The van der Waals surface area contributed by atoms with Crippen molar-refractivity contribution >= 4 is 11.8 Å². The molecule has 3 atom stereocenters. The SMILES string of the molecule is CC(C)(C)N1C(=O)C(CC(C)(C)N2CCC(O)C2)CC1C(N)=O. The Kier molecular flexibility index (Phi) is 4.79. The molecule has 0 aromatic carbocycles. The zero-order valence-corrected chi connectivity index (χ0v) is 15.0. The van der Waals surface area contributed by atoms with Crippen LogP contribution < -0.4 is 5.73 Å². The number of carbonyl (C=O) groups is 2. The van der Waals surface area contributed by atoms with Crippen LogP contribution in [0, 0.1) is 5.92 Å². The number of hydrogen-bond donors (Lipinski definition) is 2. The third-order valence-electron chi connectivity index (χ3n) is 5.22. The maximum atomic E-state index is 12.9. The predicted octanol–water partition coefficient (Wildman–Crippen LogP) is 0.723. The van der Waals surface area contributed by atoms with E-state index in [4.69, 9.17) is 5.73 Å². The Hall–Kier alpha value is -1.14. The van der Waals surface area contributed by atoms with Crippen LogP contribution in [0.15, 0.2) is 0 Å². The van der Waals surface area contributed by atoms with E-state index in [0.717, 1.165) is 13.0 Å². The summed E-state index contributed by atoms with van der Waals surface area (Å²) in [5, 5.41) is 9.76. The largest absolute Gasteiger partial charge is 0.392 e. The van der Waals surface area contributed by atoms with Crippen molar-refractivity contribution in [2.24, 2.45) is 11.7 Å². The number of aliphatic hydroxyl groups is 1. The second kappa shape index (κ2) is 6.06. The molecule has 0 saturated carbocycles. The maximum absolute atomic E-state index is 12.9. The molecule has 2 amide bonds. The molecule has 23 heavy (non-hydrogen) atoms. The summed E-state index contributed by atoms with van der Waals surface area (Å²) in [6, 6.07) is -0.521. The average molecular weight is 325 g/mol. The molecule has 2 heterocycles. The minimum Gasteiger partial charge on any atom is -0.392 e. The number of aliphatic hydroxyl groups excluding tert-OH is 1. The summed E-state index contributed by atoms with van der Waals surface area (Å²) in [5.41, 5.74) is 4.93. The lowest BCUT2D eigenvalue weighted by atomic mass is 9.87. The van der Waals surface area contributed by atoms with Crippen molar-refractivity contribution in [2.45, 2.75) is 77.1 Å². The highest BCUT2D eigenvalue weighted by atomic mass is 16.3. The number of nitrogens with zero attached hydrogens (tertiary/aromatic N) is 2. The van der Waals surface area contributed by atoms with Crippen molar-refractivity contribution in [3.05, 3.63) is 0 Å². The lowest BCUT2D eigenvalue weighted by molar-refractivity contribution is -0.141. The van der Waals surface area contributed by atoms with Crippen molar-refractivity contribution in [3.63, 3.8) is 0 Å². The minimum atomic E-state index is -0.521. The molecule has 6 nitrogen and oxygen atoms in total. The van der Waals surface area contributed by atoms with E-state index >= 15 is 0 Å². The average Bonchev–Trinajstić information content (AvgIpc) is 2.94. The molecule has 0 bridgehead atoms. The Morgan fingerprint density at radius 3 is 2.30 bits per heavy atom. The molecule has 2 fully saturated rings. The van der Waals surface area contributed by atoms with E-state index in [1.54, 1.807) is 4.90 Å². The summed E-state index contributed by atoms with van der Waals surface area (Å²) in [5.74, 6) is -0.598. The fraction of sp³-hybridized carbons (Fsp3) is 0.882. The van der Waals surface area contributed by atoms with Gasteiger partial charge in [-0.2, -0.15) is 0 Å². The van der Waals surface area contributed by atoms with Crippen molar-refractivity contribution in [3.8, 4) is 0 Å². The molecular weight excluding hydrogens is 294 g/mol. The minimum absolute atomic E-state index is 0.0223. The summed E-state index contributed by atoms with van der Waals surface area (Å²) in [4.78, 5) is 28.6. The number of carbonyl (C=O) groups excluding carboxylic acids is 2. The zero-order chi connectivity index (χ0) is 17.6. The summed E-state index contributed by atoms with van der Waals surface area (Å²) in [6.07, 6.45) is 1.67. The molecule has 3 unspecified atom stereocenters. The molecule has 132 valence electrons. The van der Waals surface area contributed by atoms with Gasteiger partial charge in [0.15, 0.2) is 0 Å². The Balaban J connectivity index is 2.14. The van der Waals surface area contributed by atoms with Crippen LogP contribution in [0.1, 0.15) is 53.9 Å². The normalized spacial score (nSPS) is 30.3. The standard InChI is InChI=1S/C17H31N3O3/c1-16(2,3)20-13(14(18)22)8-11(15(20)23)9-17(4,5)19-7-6-12(21)10-19/h11-13,21H,6-10H2,1-5H3,(H2,18,22). The topological polar surface area (TPSA) is 86.9 Å². The molecular formula is C17H31N3O3. The highest BCUT2D eigenvalue weighted by Gasteiger charge is 2.49. The van der Waals surface area contributed by atoms with E-state index in [1.807, 2.05) is 20.8 Å². The van der Waals surface area contributed by atoms with Crippen LogP contribution in [-0.2, 0) is 9.59 Å². The first kappa shape index (κ1) is 18.2. The molecule has 0 aromatic heterocycles. The first-order valence-corrected chi connectivity index (χ1v) is 8.49. The monoisotopic (exact) mass is 325 g/mol. The Labute approximate surface area is 139 Å². The molecule has 2 saturated heterocycles. The fourth-order valence-electron chi connectivity index (χ4n) is 4.06. The van der Waals surface area contributed by atoms with Crippen LogP contribution >= 0.6 is 0 Å². The van der Waals surface area contributed by atoms with Crippen molar-refractivity contribution in [2.75, 3.05) is 13.1 Å². The summed E-state index contributed by atoms with van der Waals surface area (Å²) in [7, 11) is 0. The van der Waals surface area contributed by atoms with Gasteiger partial charge in [0.1, 0.15) is 6.04 Å². The van der Waals surface area contributed by atoms with Gasteiger partial charge < -0.3 is 15.7 Å². The quantitative estimate of drug-likeness (QED) is 0.797. The molecule has 3 N–H and O–H groups in total. The zero-order valence-electron chi connectivity index (χ0n) is 15.0. The highest BCUT2D eigenvalue weighted by molar-refractivity contribution is 5.92. The fourth-order valence-corrected chi connectivity index (χ4v) is 4.06. The summed E-state index contributed by atoms with van der Waals surface area (Å²) >= 11 is 0. The van der Waals surface area contributed by atoms with E-state index in [1.165, 1.54) is 0 Å². The summed E-state index contributed by atoms with van der Waals surface area (Å²) in [6.45, 7) is 11.5. The Bertz CT molecular complexity index is 484. The Morgan fingerprint density at radius 1 is 1.30 bits per heavy atom. The number of nitrogens with two attached hydrogens (primary N) is 1. The smallest absolute Gasteiger partial charge is 0.240 e. The second-order valence-corrected chi connectivity index (χ2v) is 8.63. The molecule has 0 radical (unpaired) electrons. The molecule has 0 spiro atoms. The number of amides is 2. The van der Waals surface area contributed by atoms with Crippen LogP contribution in [0.5, 0.6) is 0 Å². The Morgan fingerprint density at radius 2 is 1.91 bits per heavy atom. The van der Waals surface area contributed by atoms with Crippen LogP contribution in [0.3, 0.4) is 0 Å². The van der Waals surface area contributed by atoms with Crippen LogP contribution in [0.2, 0.25) is 0 Å². The molecule has 2 rings (SSSR count). The number of likely N-dealkylation sites (tertiary alicyclic amines) is 2. The van der Waals surface area contributed by atoms with E-state index in [9.17, 15) is 14.7 Å². The molecule has 0 aromatic rings. The van der Waals surface area contributed by atoms with Crippen LogP contribution in [0.25, 0.3) is 0 Å². The first-order chi connectivity index (χ1) is 10.4. The molecule has 0 aliphatic carbocycles. The molecule has 2 aliphatic heterocycles. The number of β-amino-alcohol motifs (C(OH)–C–C–N with tert-alkyl or cyclic N) is 1. The number of primary amides is 1. The lowest BCUT2D eigenvalue weighted by Gasteiger charge is -2.38. The van der Waals surface area contributed by atoms with E-state index in [2.05, 4.69) is 18.7 Å². The van der Waals surface area contributed by atoms with Gasteiger partial charge in [0.2, 0.25) is 11.8 Å². The van der Waals surface area contributed by atoms with Crippen molar-refractivity contribution in [1.29, 1.82) is 0 Å². The first-order valence-electron chi connectivity index (χ1n) is 8.49. The van der Waals surface area contributed by atoms with Crippen molar-refractivity contribution < 1.29 is 14.7 Å². The van der Waals surface area contributed by atoms with Gasteiger partial charge in [0, 0.05) is 30.1 Å².